The van der Waals surface area contributed by atoms with Gasteiger partial charge in [0, 0.05) is 11.8 Å². The summed E-state index contributed by atoms with van der Waals surface area (Å²) in [5.41, 5.74) is 9.02. The quantitative estimate of drug-likeness (QED) is 0.324. The molecule has 1 fully saturated rings. The Hall–Kier alpha value is -3.98. The van der Waals surface area contributed by atoms with Gasteiger partial charge in [0.25, 0.3) is 5.24 Å². The second kappa shape index (κ2) is 9.11. The third-order valence-corrected chi connectivity index (χ3v) is 6.38. The second-order valence-electron chi connectivity index (χ2n) is 7.96. The summed E-state index contributed by atoms with van der Waals surface area (Å²) in [6, 6.07) is 20.4. The first-order chi connectivity index (χ1) is 16.4. The van der Waals surface area contributed by atoms with Crippen molar-refractivity contribution in [2.45, 2.75) is 24.7 Å². The second-order valence-corrected chi connectivity index (χ2v) is 9.14. The molecule has 0 radical (unpaired) electrons. The van der Waals surface area contributed by atoms with Gasteiger partial charge in [0.1, 0.15) is 23.1 Å². The Morgan fingerprint density at radius 1 is 1.00 bits per heavy atom. The highest BCUT2D eigenvalue weighted by atomic mass is 32.2. The third-order valence-electron chi connectivity index (χ3n) is 5.40. The molecule has 1 aliphatic heterocycles. The topological polar surface area (TPSA) is 119 Å². The van der Waals surface area contributed by atoms with E-state index >= 15 is 0 Å². The number of benzene rings is 3. The van der Waals surface area contributed by atoms with E-state index < -0.39 is 0 Å². The van der Waals surface area contributed by atoms with Crippen molar-refractivity contribution in [2.75, 3.05) is 5.73 Å². The molecule has 3 aromatic carbocycles. The molecule has 1 saturated heterocycles. The maximum absolute atomic E-state index is 11.8. The molecule has 2 heterocycles. The van der Waals surface area contributed by atoms with Crippen molar-refractivity contribution in [3.05, 3.63) is 78.1 Å². The molecule has 0 bridgehead atoms. The van der Waals surface area contributed by atoms with E-state index in [-0.39, 0.29) is 22.5 Å². The summed E-state index contributed by atoms with van der Waals surface area (Å²) in [4.78, 5) is 31.0. The summed E-state index contributed by atoms with van der Waals surface area (Å²) in [5.74, 6) is 2.53. The maximum atomic E-state index is 11.8. The number of H-pyrrole nitrogens is 1. The number of nitrogens with zero attached hydrogens (tertiary/aromatic N) is 1. The average Bonchev–Trinajstić information content (AvgIpc) is 3.38. The van der Waals surface area contributed by atoms with Crippen LogP contribution in [0, 0.1) is 0 Å². The van der Waals surface area contributed by atoms with Gasteiger partial charge in [-0.2, -0.15) is 0 Å². The first kappa shape index (κ1) is 21.8. The number of fused-ring (bicyclic) bond motifs is 1. The summed E-state index contributed by atoms with van der Waals surface area (Å²) < 4.78 is 12.0. The van der Waals surface area contributed by atoms with E-state index in [1.807, 2.05) is 61.5 Å². The average molecular weight is 475 g/mol. The Labute approximate surface area is 199 Å². The highest BCUT2D eigenvalue weighted by Gasteiger charge is 2.31. The number of nitrogen functional groups attached to an aromatic ring is 1. The molecule has 2 unspecified atom stereocenters. The molecule has 9 heteroatoms. The fourth-order valence-corrected chi connectivity index (χ4v) is 4.50. The minimum Gasteiger partial charge on any atom is -0.483 e. The van der Waals surface area contributed by atoms with Gasteiger partial charge in [0.05, 0.1) is 16.3 Å². The highest BCUT2D eigenvalue weighted by molar-refractivity contribution is 8.15. The SMILES string of the molecule is CC(Oc1ccc(CC2SC(=O)NC2=O)cc1)c1nc2ccc(Oc3ccc(N)cc3)cc2[nH]1. The molecule has 34 heavy (non-hydrogen) atoms. The van der Waals surface area contributed by atoms with Crippen LogP contribution in [0.25, 0.3) is 11.0 Å². The number of thioether (sulfide) groups is 1. The molecular formula is C25H22N4O4S. The largest absolute Gasteiger partial charge is 0.483 e. The van der Waals surface area contributed by atoms with Crippen LogP contribution in [0.2, 0.25) is 0 Å². The molecule has 172 valence electrons. The number of carbonyl (C=O) groups excluding carboxylic acids is 2. The van der Waals surface area contributed by atoms with E-state index in [0.29, 0.717) is 35.2 Å². The van der Waals surface area contributed by atoms with Crippen LogP contribution in [0.4, 0.5) is 10.5 Å². The third kappa shape index (κ3) is 4.84. The Balaban J connectivity index is 1.24. The van der Waals surface area contributed by atoms with Gasteiger partial charge in [-0.25, -0.2) is 4.98 Å². The van der Waals surface area contributed by atoms with Crippen LogP contribution in [0.1, 0.15) is 24.4 Å². The first-order valence-electron chi connectivity index (χ1n) is 10.7. The molecule has 5 rings (SSSR count). The van der Waals surface area contributed by atoms with E-state index in [1.54, 1.807) is 12.1 Å². The van der Waals surface area contributed by atoms with Gasteiger partial charge in [-0.05, 0) is 67.4 Å². The predicted molar refractivity (Wildman–Crippen MR) is 131 cm³/mol. The number of carbonyl (C=O) groups is 2. The Bertz CT molecular complexity index is 1350. The van der Waals surface area contributed by atoms with Crippen LogP contribution in [0.15, 0.2) is 66.7 Å². The van der Waals surface area contributed by atoms with Crippen molar-refractivity contribution in [3.8, 4) is 17.2 Å². The molecule has 0 saturated carbocycles. The van der Waals surface area contributed by atoms with E-state index in [9.17, 15) is 9.59 Å². The van der Waals surface area contributed by atoms with Crippen LogP contribution in [0.3, 0.4) is 0 Å². The molecule has 1 aliphatic rings. The lowest BCUT2D eigenvalue weighted by molar-refractivity contribution is -0.118. The summed E-state index contributed by atoms with van der Waals surface area (Å²) in [6.07, 6.45) is 0.177. The Kier molecular flexibility index (Phi) is 5.85. The normalized spacial score (nSPS) is 16.4. The highest BCUT2D eigenvalue weighted by Crippen LogP contribution is 2.28. The van der Waals surface area contributed by atoms with Crippen LogP contribution in [0.5, 0.6) is 17.2 Å². The Morgan fingerprint density at radius 2 is 1.71 bits per heavy atom. The number of ether oxygens (including phenoxy) is 2. The number of aromatic nitrogens is 2. The number of anilines is 1. The van der Waals surface area contributed by atoms with Gasteiger partial charge in [-0.3, -0.25) is 14.9 Å². The molecule has 8 nitrogen and oxygen atoms in total. The van der Waals surface area contributed by atoms with Crippen LogP contribution in [-0.4, -0.2) is 26.4 Å². The zero-order valence-corrected chi connectivity index (χ0v) is 19.1. The first-order valence-corrected chi connectivity index (χ1v) is 11.6. The monoisotopic (exact) mass is 474 g/mol. The molecule has 2 atom stereocenters. The number of imide groups is 1. The molecule has 2 amide bonds. The smallest absolute Gasteiger partial charge is 0.286 e. The summed E-state index contributed by atoms with van der Waals surface area (Å²) in [7, 11) is 0. The Morgan fingerprint density at radius 3 is 2.41 bits per heavy atom. The molecule has 1 aromatic heterocycles. The van der Waals surface area contributed by atoms with E-state index in [4.69, 9.17) is 15.2 Å². The van der Waals surface area contributed by atoms with Gasteiger partial charge in [-0.15, -0.1) is 0 Å². The number of rotatable bonds is 7. The van der Waals surface area contributed by atoms with E-state index in [0.717, 1.165) is 28.4 Å². The van der Waals surface area contributed by atoms with Crippen molar-refractivity contribution in [1.82, 2.24) is 15.3 Å². The summed E-state index contributed by atoms with van der Waals surface area (Å²) in [5, 5.41) is 1.63. The molecule has 0 spiro atoms. The van der Waals surface area contributed by atoms with Crippen LogP contribution in [-0.2, 0) is 11.2 Å². The molecule has 4 aromatic rings. The van der Waals surface area contributed by atoms with Gasteiger partial charge in [0.15, 0.2) is 6.10 Å². The van der Waals surface area contributed by atoms with E-state index in [1.165, 1.54) is 0 Å². The standard InChI is InChI=1S/C25H22N4O4S/c1-14(32-17-6-2-15(3-7-17)12-22-24(30)29-25(31)34-22)23-27-20-11-10-19(13-21(20)28-23)33-18-8-4-16(26)5-9-18/h2-11,13-14,22H,12,26H2,1H3,(H,27,28)(H,29,30,31). The minimum absolute atomic E-state index is 0.240. The molecular weight excluding hydrogens is 452 g/mol. The number of hydrogen-bond donors (Lipinski definition) is 3. The van der Waals surface area contributed by atoms with Crippen molar-refractivity contribution in [2.24, 2.45) is 0 Å². The fourth-order valence-electron chi connectivity index (χ4n) is 3.64. The number of nitrogens with two attached hydrogens (primary N) is 1. The summed E-state index contributed by atoms with van der Waals surface area (Å²) >= 11 is 1.03. The van der Waals surface area contributed by atoms with Crippen molar-refractivity contribution < 1.29 is 19.1 Å². The lowest BCUT2D eigenvalue weighted by Gasteiger charge is -2.13. The zero-order chi connectivity index (χ0) is 23.7. The molecule has 4 N–H and O–H groups in total. The fraction of sp³-hybridized carbons (Fsp3) is 0.160. The van der Waals surface area contributed by atoms with Gasteiger partial charge in [0.2, 0.25) is 5.91 Å². The van der Waals surface area contributed by atoms with Gasteiger partial charge < -0.3 is 20.2 Å². The lowest BCUT2D eigenvalue weighted by Crippen LogP contribution is -2.25. The number of imidazole rings is 1. The summed E-state index contributed by atoms with van der Waals surface area (Å²) in [6.45, 7) is 1.92. The van der Waals surface area contributed by atoms with Crippen molar-refractivity contribution in [1.29, 1.82) is 0 Å². The van der Waals surface area contributed by atoms with Crippen molar-refractivity contribution >= 4 is 39.6 Å². The minimum atomic E-state index is -0.386. The van der Waals surface area contributed by atoms with E-state index in [2.05, 4.69) is 15.3 Å². The lowest BCUT2D eigenvalue weighted by atomic mass is 10.1. The van der Waals surface area contributed by atoms with Crippen molar-refractivity contribution in [3.63, 3.8) is 0 Å². The predicted octanol–water partition coefficient (Wildman–Crippen LogP) is 4.97. The van der Waals surface area contributed by atoms with Crippen LogP contribution >= 0.6 is 11.8 Å². The van der Waals surface area contributed by atoms with Gasteiger partial charge >= 0.3 is 0 Å². The maximum Gasteiger partial charge on any atom is 0.286 e. The number of nitrogens with one attached hydrogen (secondary N) is 2. The zero-order valence-electron chi connectivity index (χ0n) is 18.3. The van der Waals surface area contributed by atoms with Crippen LogP contribution < -0.4 is 20.5 Å². The number of hydrogen-bond acceptors (Lipinski definition) is 7. The molecule has 0 aliphatic carbocycles. The number of aromatic amines is 1. The van der Waals surface area contributed by atoms with Gasteiger partial charge in [-0.1, -0.05) is 23.9 Å². The number of amides is 2.